The molecule has 22 heavy (non-hydrogen) atoms. The van der Waals surface area contributed by atoms with Gasteiger partial charge in [0, 0.05) is 40.3 Å². The Bertz CT molecular complexity index is 837. The lowest BCUT2D eigenvalue weighted by Gasteiger charge is -2.10. The molecule has 108 valence electrons. The van der Waals surface area contributed by atoms with Crippen molar-refractivity contribution in [3.05, 3.63) is 75.9 Å². The fourth-order valence-corrected chi connectivity index (χ4v) is 4.27. The lowest BCUT2D eigenvalue weighted by Crippen LogP contribution is -1.96. The lowest BCUT2D eigenvalue weighted by atomic mass is 9.94. The minimum atomic E-state index is 0.270. The Labute approximate surface area is 137 Å². The van der Waals surface area contributed by atoms with Gasteiger partial charge in [0.1, 0.15) is 0 Å². The molecule has 2 aromatic heterocycles. The van der Waals surface area contributed by atoms with E-state index < -0.39 is 0 Å². The Morgan fingerprint density at radius 2 is 1.82 bits per heavy atom. The van der Waals surface area contributed by atoms with Crippen LogP contribution in [-0.4, -0.2) is 10.7 Å². The predicted molar refractivity (Wildman–Crippen MR) is 92.3 cm³/mol. The maximum absolute atomic E-state index is 8.30. The molecule has 0 fully saturated rings. The van der Waals surface area contributed by atoms with E-state index in [9.17, 15) is 0 Å². The highest BCUT2D eigenvalue weighted by Gasteiger charge is 2.30. The highest BCUT2D eigenvalue weighted by atomic mass is 35.5. The molecule has 0 radical (unpaired) electrons. The van der Waals surface area contributed by atoms with Crippen LogP contribution in [0.3, 0.4) is 0 Å². The van der Waals surface area contributed by atoms with E-state index >= 15 is 0 Å². The number of rotatable bonds is 2. The van der Waals surface area contributed by atoms with Crippen LogP contribution >= 0.6 is 22.9 Å². The zero-order valence-electron chi connectivity index (χ0n) is 11.7. The quantitative estimate of drug-likeness (QED) is 0.676. The van der Waals surface area contributed by atoms with E-state index in [4.69, 9.17) is 17.0 Å². The SMILES string of the molecule is N=C1CC(c2ccc(Cl)cc2)c2cc(-c3ccncc3)sc21. The summed E-state index contributed by atoms with van der Waals surface area (Å²) < 4.78 is 0. The van der Waals surface area contributed by atoms with Crippen LogP contribution in [0.15, 0.2) is 54.9 Å². The monoisotopic (exact) mass is 324 g/mol. The second-order valence-corrected chi connectivity index (χ2v) is 6.91. The topological polar surface area (TPSA) is 36.7 Å². The molecule has 0 bridgehead atoms. The van der Waals surface area contributed by atoms with Gasteiger partial charge in [0.15, 0.2) is 0 Å². The Hall–Kier alpha value is -1.97. The van der Waals surface area contributed by atoms with Gasteiger partial charge in [-0.2, -0.15) is 0 Å². The summed E-state index contributed by atoms with van der Waals surface area (Å²) in [6.07, 6.45) is 4.39. The second kappa shape index (κ2) is 5.34. The van der Waals surface area contributed by atoms with Crippen LogP contribution in [0.5, 0.6) is 0 Å². The first kappa shape index (κ1) is 13.7. The summed E-state index contributed by atoms with van der Waals surface area (Å²) >= 11 is 7.69. The highest BCUT2D eigenvalue weighted by molar-refractivity contribution is 7.17. The Balaban J connectivity index is 1.77. The molecule has 0 amide bonds. The second-order valence-electron chi connectivity index (χ2n) is 5.42. The summed E-state index contributed by atoms with van der Waals surface area (Å²) in [4.78, 5) is 6.39. The molecule has 2 nitrogen and oxygen atoms in total. The zero-order valence-corrected chi connectivity index (χ0v) is 13.3. The van der Waals surface area contributed by atoms with Crippen molar-refractivity contribution in [1.29, 1.82) is 5.41 Å². The van der Waals surface area contributed by atoms with Crippen LogP contribution in [0.1, 0.15) is 28.3 Å². The van der Waals surface area contributed by atoms with Crippen molar-refractivity contribution in [2.45, 2.75) is 12.3 Å². The fourth-order valence-electron chi connectivity index (χ4n) is 2.96. The van der Waals surface area contributed by atoms with E-state index in [1.54, 1.807) is 11.3 Å². The van der Waals surface area contributed by atoms with Crippen molar-refractivity contribution in [3.8, 4) is 10.4 Å². The molecular weight excluding hydrogens is 312 g/mol. The van der Waals surface area contributed by atoms with E-state index in [2.05, 4.69) is 23.2 Å². The van der Waals surface area contributed by atoms with Gasteiger partial charge in [-0.15, -0.1) is 11.3 Å². The number of nitrogens with one attached hydrogen (secondary N) is 1. The number of fused-ring (bicyclic) bond motifs is 1. The molecule has 4 rings (SSSR count). The van der Waals surface area contributed by atoms with Gasteiger partial charge in [-0.05, 0) is 47.0 Å². The normalized spacial score (nSPS) is 16.8. The fraction of sp³-hybridized carbons (Fsp3) is 0.111. The van der Waals surface area contributed by atoms with Crippen LogP contribution < -0.4 is 0 Å². The first-order valence-electron chi connectivity index (χ1n) is 7.10. The van der Waals surface area contributed by atoms with Crippen molar-refractivity contribution in [1.82, 2.24) is 4.98 Å². The van der Waals surface area contributed by atoms with E-state index in [1.807, 2.05) is 36.7 Å². The standard InChI is InChI=1S/C18H13ClN2S/c19-13-3-1-11(2-4-13)14-9-16(20)18-15(14)10-17(22-18)12-5-7-21-8-6-12/h1-8,10,14,20H,9H2. The van der Waals surface area contributed by atoms with Crippen LogP contribution in [0, 0.1) is 5.41 Å². The minimum Gasteiger partial charge on any atom is -0.304 e. The molecule has 0 saturated carbocycles. The summed E-state index contributed by atoms with van der Waals surface area (Å²) in [6.45, 7) is 0. The molecular formula is C18H13ClN2S. The summed E-state index contributed by atoms with van der Waals surface area (Å²) in [6, 6.07) is 14.3. The molecule has 0 aliphatic heterocycles. The van der Waals surface area contributed by atoms with E-state index in [0.717, 1.165) is 27.6 Å². The average molecular weight is 325 g/mol. The Morgan fingerprint density at radius 3 is 2.55 bits per heavy atom. The van der Waals surface area contributed by atoms with Crippen molar-refractivity contribution < 1.29 is 0 Å². The Kier molecular flexibility index (Phi) is 3.32. The first-order valence-corrected chi connectivity index (χ1v) is 8.29. The number of aromatic nitrogens is 1. The number of nitrogens with zero attached hydrogens (tertiary/aromatic N) is 1. The molecule has 2 heterocycles. The summed E-state index contributed by atoms with van der Waals surface area (Å²) in [7, 11) is 0. The Morgan fingerprint density at radius 1 is 1.09 bits per heavy atom. The van der Waals surface area contributed by atoms with Gasteiger partial charge < -0.3 is 5.41 Å². The van der Waals surface area contributed by atoms with Crippen LogP contribution in [-0.2, 0) is 0 Å². The van der Waals surface area contributed by atoms with Crippen molar-refractivity contribution in [3.63, 3.8) is 0 Å². The number of benzene rings is 1. The van der Waals surface area contributed by atoms with E-state index in [1.165, 1.54) is 16.0 Å². The summed E-state index contributed by atoms with van der Waals surface area (Å²) in [5.41, 5.74) is 4.40. The molecule has 1 aliphatic rings. The van der Waals surface area contributed by atoms with Gasteiger partial charge in [0.25, 0.3) is 0 Å². The van der Waals surface area contributed by atoms with E-state index in [-0.39, 0.29) is 5.92 Å². The smallest absolute Gasteiger partial charge is 0.0523 e. The zero-order chi connectivity index (χ0) is 15.1. The molecule has 1 N–H and O–H groups in total. The van der Waals surface area contributed by atoms with Crippen molar-refractivity contribution in [2.75, 3.05) is 0 Å². The van der Waals surface area contributed by atoms with Crippen LogP contribution in [0.25, 0.3) is 10.4 Å². The number of hydrogen-bond acceptors (Lipinski definition) is 3. The minimum absolute atomic E-state index is 0.270. The molecule has 4 heteroatoms. The van der Waals surface area contributed by atoms with E-state index in [0.29, 0.717) is 0 Å². The number of hydrogen-bond donors (Lipinski definition) is 1. The lowest BCUT2D eigenvalue weighted by molar-refractivity contribution is 0.889. The number of halogens is 1. The van der Waals surface area contributed by atoms with Gasteiger partial charge in [0.05, 0.1) is 4.88 Å². The third-order valence-corrected chi connectivity index (χ3v) is 5.57. The average Bonchev–Trinajstić information content (AvgIpc) is 3.10. The van der Waals surface area contributed by atoms with Crippen molar-refractivity contribution in [2.24, 2.45) is 0 Å². The summed E-state index contributed by atoms with van der Waals surface area (Å²) in [5.74, 6) is 0.270. The molecule has 0 saturated heterocycles. The van der Waals surface area contributed by atoms with Gasteiger partial charge in [-0.25, -0.2) is 0 Å². The molecule has 0 spiro atoms. The molecule has 1 unspecified atom stereocenters. The first-order chi connectivity index (χ1) is 10.7. The van der Waals surface area contributed by atoms with Gasteiger partial charge >= 0.3 is 0 Å². The molecule has 1 aromatic carbocycles. The maximum atomic E-state index is 8.30. The third kappa shape index (κ3) is 2.27. The predicted octanol–water partition coefficient (Wildman–Crippen LogP) is 5.37. The largest absolute Gasteiger partial charge is 0.304 e. The number of pyridine rings is 1. The van der Waals surface area contributed by atoms with Crippen LogP contribution in [0.2, 0.25) is 5.02 Å². The molecule has 3 aromatic rings. The molecule has 1 aliphatic carbocycles. The van der Waals surface area contributed by atoms with Crippen molar-refractivity contribution >= 4 is 28.6 Å². The highest BCUT2D eigenvalue weighted by Crippen LogP contribution is 2.45. The summed E-state index contributed by atoms with van der Waals surface area (Å²) in [5, 5.41) is 9.05. The van der Waals surface area contributed by atoms with Gasteiger partial charge in [0.2, 0.25) is 0 Å². The molecule has 1 atom stereocenters. The third-order valence-electron chi connectivity index (χ3n) is 4.06. The maximum Gasteiger partial charge on any atom is 0.0523 e. The van der Waals surface area contributed by atoms with Gasteiger partial charge in [-0.1, -0.05) is 23.7 Å². The number of thiophene rings is 1. The van der Waals surface area contributed by atoms with Gasteiger partial charge in [-0.3, -0.25) is 4.98 Å². The van der Waals surface area contributed by atoms with Crippen LogP contribution in [0.4, 0.5) is 0 Å².